The van der Waals surface area contributed by atoms with Gasteiger partial charge in [0.2, 0.25) is 0 Å². The summed E-state index contributed by atoms with van der Waals surface area (Å²) in [4.78, 5) is 24.1. The van der Waals surface area contributed by atoms with Crippen LogP contribution in [-0.4, -0.2) is 25.1 Å². The Morgan fingerprint density at radius 1 is 1.21 bits per heavy atom. The zero-order valence-electron chi connectivity index (χ0n) is 13.0. The molecule has 0 heterocycles. The minimum Gasteiger partial charge on any atom is -0.495 e. The van der Waals surface area contributed by atoms with E-state index in [-0.39, 0.29) is 10.6 Å². The summed E-state index contributed by atoms with van der Waals surface area (Å²) in [7, 11) is 1.47. The maximum absolute atomic E-state index is 13.6. The molecule has 126 valence electrons. The molecular formula is C17H15ClFNO4. The van der Waals surface area contributed by atoms with Crippen molar-refractivity contribution in [3.05, 3.63) is 58.9 Å². The Kier molecular flexibility index (Phi) is 5.76. The first kappa shape index (κ1) is 17.7. The number of carbonyl (C=O) groups is 2. The standard InChI is InChI=1S/C17H15ClFNO4/c1-10(16(21)20-14-5-3-4-6-15(14)23-2)24-17(22)12-9-11(18)7-8-13(12)19/h3-10H,1-2H3,(H,20,21)/t10-/m0/s1. The molecule has 2 rings (SSSR count). The molecule has 7 heteroatoms. The molecule has 5 nitrogen and oxygen atoms in total. The summed E-state index contributed by atoms with van der Waals surface area (Å²) in [5, 5.41) is 2.77. The van der Waals surface area contributed by atoms with Crippen LogP contribution in [0.4, 0.5) is 10.1 Å². The van der Waals surface area contributed by atoms with Crippen LogP contribution >= 0.6 is 11.6 Å². The molecule has 0 aromatic heterocycles. The van der Waals surface area contributed by atoms with Gasteiger partial charge < -0.3 is 14.8 Å². The lowest BCUT2D eigenvalue weighted by molar-refractivity contribution is -0.123. The first-order valence-corrected chi connectivity index (χ1v) is 7.40. The largest absolute Gasteiger partial charge is 0.495 e. The minimum absolute atomic E-state index is 0.189. The molecule has 1 atom stereocenters. The van der Waals surface area contributed by atoms with E-state index in [2.05, 4.69) is 5.32 Å². The van der Waals surface area contributed by atoms with Gasteiger partial charge in [0.05, 0.1) is 18.4 Å². The number of methoxy groups -OCH3 is 1. The van der Waals surface area contributed by atoms with Gasteiger partial charge in [0.25, 0.3) is 5.91 Å². The monoisotopic (exact) mass is 351 g/mol. The van der Waals surface area contributed by atoms with Gasteiger partial charge in [0.1, 0.15) is 11.6 Å². The fraction of sp³-hybridized carbons (Fsp3) is 0.176. The van der Waals surface area contributed by atoms with E-state index in [0.29, 0.717) is 11.4 Å². The number of ether oxygens (including phenoxy) is 2. The fourth-order valence-electron chi connectivity index (χ4n) is 1.91. The molecule has 0 unspecified atom stereocenters. The predicted molar refractivity (Wildman–Crippen MR) is 87.9 cm³/mol. The van der Waals surface area contributed by atoms with Crippen LogP contribution < -0.4 is 10.1 Å². The van der Waals surface area contributed by atoms with Crippen molar-refractivity contribution in [3.8, 4) is 5.75 Å². The van der Waals surface area contributed by atoms with Crippen LogP contribution in [0.25, 0.3) is 0 Å². The van der Waals surface area contributed by atoms with Crippen LogP contribution in [0, 0.1) is 5.82 Å². The lowest BCUT2D eigenvalue weighted by Crippen LogP contribution is -2.30. The number of halogens is 2. The van der Waals surface area contributed by atoms with Crippen molar-refractivity contribution in [2.24, 2.45) is 0 Å². The number of anilines is 1. The summed E-state index contributed by atoms with van der Waals surface area (Å²) in [6.07, 6.45) is -1.14. The summed E-state index contributed by atoms with van der Waals surface area (Å²) in [5.74, 6) is -1.86. The van der Waals surface area contributed by atoms with E-state index in [9.17, 15) is 14.0 Å². The normalized spacial score (nSPS) is 11.5. The van der Waals surface area contributed by atoms with Crippen molar-refractivity contribution in [1.29, 1.82) is 0 Å². The SMILES string of the molecule is COc1ccccc1NC(=O)[C@H](C)OC(=O)c1cc(Cl)ccc1F. The number of hydrogen-bond acceptors (Lipinski definition) is 4. The second-order valence-electron chi connectivity index (χ2n) is 4.86. The molecular weight excluding hydrogens is 337 g/mol. The van der Waals surface area contributed by atoms with E-state index in [1.54, 1.807) is 24.3 Å². The number of para-hydroxylation sites is 2. The highest BCUT2D eigenvalue weighted by Crippen LogP contribution is 2.23. The Morgan fingerprint density at radius 3 is 2.62 bits per heavy atom. The second-order valence-corrected chi connectivity index (χ2v) is 5.30. The molecule has 0 bridgehead atoms. The molecule has 0 fully saturated rings. The fourth-order valence-corrected chi connectivity index (χ4v) is 2.09. The predicted octanol–water partition coefficient (Wildman–Crippen LogP) is 3.67. The molecule has 0 saturated heterocycles. The lowest BCUT2D eigenvalue weighted by atomic mass is 10.2. The molecule has 1 amide bonds. The lowest BCUT2D eigenvalue weighted by Gasteiger charge is -2.15. The Labute approximate surface area is 143 Å². The van der Waals surface area contributed by atoms with Crippen molar-refractivity contribution >= 4 is 29.2 Å². The molecule has 0 aliphatic carbocycles. The molecule has 0 aliphatic heterocycles. The van der Waals surface area contributed by atoms with Crippen molar-refractivity contribution < 1.29 is 23.5 Å². The van der Waals surface area contributed by atoms with Crippen LogP contribution in [0.5, 0.6) is 5.75 Å². The van der Waals surface area contributed by atoms with Gasteiger partial charge in [0, 0.05) is 5.02 Å². The molecule has 2 aromatic carbocycles. The highest BCUT2D eigenvalue weighted by Gasteiger charge is 2.22. The number of benzene rings is 2. The van der Waals surface area contributed by atoms with Gasteiger partial charge in [0.15, 0.2) is 6.10 Å². The molecule has 0 radical (unpaired) electrons. The Hall–Kier alpha value is -2.60. The van der Waals surface area contributed by atoms with Gasteiger partial charge >= 0.3 is 5.97 Å². The average molecular weight is 352 g/mol. The summed E-state index contributed by atoms with van der Waals surface area (Å²) >= 11 is 5.73. The molecule has 24 heavy (non-hydrogen) atoms. The van der Waals surface area contributed by atoms with Crippen molar-refractivity contribution in [1.82, 2.24) is 0 Å². The maximum atomic E-state index is 13.6. The topological polar surface area (TPSA) is 64.6 Å². The number of amides is 1. The van der Waals surface area contributed by atoms with Gasteiger partial charge in [-0.05, 0) is 37.3 Å². The molecule has 1 N–H and O–H groups in total. The second kappa shape index (κ2) is 7.79. The van der Waals surface area contributed by atoms with E-state index < -0.39 is 23.8 Å². The van der Waals surface area contributed by atoms with Crippen molar-refractivity contribution in [2.75, 3.05) is 12.4 Å². The van der Waals surface area contributed by atoms with E-state index in [1.807, 2.05) is 0 Å². The van der Waals surface area contributed by atoms with Gasteiger partial charge in [-0.25, -0.2) is 9.18 Å². The molecule has 0 aliphatic rings. The first-order chi connectivity index (χ1) is 11.4. The molecule has 0 saturated carbocycles. The van der Waals surface area contributed by atoms with Crippen LogP contribution in [-0.2, 0) is 9.53 Å². The molecule has 0 spiro atoms. The quantitative estimate of drug-likeness (QED) is 0.835. The van der Waals surface area contributed by atoms with E-state index in [4.69, 9.17) is 21.1 Å². The summed E-state index contributed by atoms with van der Waals surface area (Å²) in [6.45, 7) is 1.38. The van der Waals surface area contributed by atoms with Crippen LogP contribution in [0.1, 0.15) is 17.3 Å². The first-order valence-electron chi connectivity index (χ1n) is 7.02. The van der Waals surface area contributed by atoms with Gasteiger partial charge in [-0.3, -0.25) is 4.79 Å². The smallest absolute Gasteiger partial charge is 0.341 e. The zero-order valence-corrected chi connectivity index (χ0v) is 13.8. The Morgan fingerprint density at radius 2 is 1.92 bits per heavy atom. The minimum atomic E-state index is -1.14. The maximum Gasteiger partial charge on any atom is 0.341 e. The van der Waals surface area contributed by atoms with Crippen LogP contribution in [0.3, 0.4) is 0 Å². The number of carbonyl (C=O) groups excluding carboxylic acids is 2. The summed E-state index contributed by atoms with van der Waals surface area (Å²) in [6, 6.07) is 10.3. The van der Waals surface area contributed by atoms with Crippen LogP contribution in [0.2, 0.25) is 5.02 Å². The molecule has 2 aromatic rings. The third kappa shape index (κ3) is 4.23. The van der Waals surface area contributed by atoms with Crippen molar-refractivity contribution in [2.45, 2.75) is 13.0 Å². The van der Waals surface area contributed by atoms with E-state index in [0.717, 1.165) is 12.1 Å². The summed E-state index contributed by atoms with van der Waals surface area (Å²) in [5.41, 5.74) is 0.0984. The van der Waals surface area contributed by atoms with Crippen LogP contribution in [0.15, 0.2) is 42.5 Å². The third-order valence-electron chi connectivity index (χ3n) is 3.17. The van der Waals surface area contributed by atoms with Gasteiger partial charge in [-0.15, -0.1) is 0 Å². The highest BCUT2D eigenvalue weighted by molar-refractivity contribution is 6.30. The highest BCUT2D eigenvalue weighted by atomic mass is 35.5. The summed E-state index contributed by atoms with van der Waals surface area (Å²) < 4.78 is 23.7. The zero-order chi connectivity index (χ0) is 17.7. The van der Waals surface area contributed by atoms with E-state index >= 15 is 0 Å². The van der Waals surface area contributed by atoms with E-state index in [1.165, 1.54) is 20.1 Å². The Bertz CT molecular complexity index is 766. The van der Waals surface area contributed by atoms with Gasteiger partial charge in [-0.2, -0.15) is 0 Å². The number of hydrogen-bond donors (Lipinski definition) is 1. The average Bonchev–Trinajstić information content (AvgIpc) is 2.57. The van der Waals surface area contributed by atoms with Gasteiger partial charge in [-0.1, -0.05) is 23.7 Å². The Balaban J connectivity index is 2.06. The number of esters is 1. The third-order valence-corrected chi connectivity index (χ3v) is 3.40. The van der Waals surface area contributed by atoms with Crippen molar-refractivity contribution in [3.63, 3.8) is 0 Å². The number of rotatable bonds is 5. The number of nitrogens with one attached hydrogen (secondary N) is 1.